The van der Waals surface area contributed by atoms with Gasteiger partial charge in [-0.3, -0.25) is 0 Å². The zero-order valence-electron chi connectivity index (χ0n) is 13.7. The van der Waals surface area contributed by atoms with Crippen molar-refractivity contribution in [2.45, 2.75) is 26.6 Å². The molecule has 0 heterocycles. The number of hydrogen-bond donors (Lipinski definition) is 0. The van der Waals surface area contributed by atoms with Crippen molar-refractivity contribution >= 4 is 15.9 Å². The molecule has 0 saturated carbocycles. The van der Waals surface area contributed by atoms with E-state index in [1.807, 2.05) is 0 Å². The van der Waals surface area contributed by atoms with Gasteiger partial charge in [-0.25, -0.2) is 0 Å². The third-order valence-corrected chi connectivity index (χ3v) is 4.06. The van der Waals surface area contributed by atoms with Crippen LogP contribution in [0.4, 0.5) is 25.2 Å². The Balaban J connectivity index is -0.0000000833. The minimum Gasteiger partial charge on any atom is 0 e. The Bertz CT molecular complexity index is 463. The molecule has 1 atom stereocenters. The molecule has 1 aliphatic rings. The SMILES string of the molecule is CC1C=C([Si](C)(C)C)C=C[CH+]1.F[P-](F)(F)(F)(F)F.[C-]#[O+].[C-]#[O+].[C-]#[O+].[Fe]. The van der Waals surface area contributed by atoms with Crippen LogP contribution in [0, 0.1) is 32.3 Å². The molecule has 12 heteroatoms. The molecule has 0 aliphatic heterocycles. The number of rotatable bonds is 1. The standard InChI is InChI=1S/C10H17Si.3CO.F6P.Fe/c1-9-6-5-7-10(8-9)11(2,3)4;3*1-2;1-7(2,3,4,5)6;/h5-9H,1-4H3;;;;;/q+1;;;;-1;. The molecule has 0 radical (unpaired) electrons. The summed E-state index contributed by atoms with van der Waals surface area (Å²) in [5.74, 6) is 0.640. The average Bonchev–Trinajstić information content (AvgIpc) is 2.41. The summed E-state index contributed by atoms with van der Waals surface area (Å²) >= 11 is 0. The molecule has 0 fully saturated rings. The first-order valence-electron chi connectivity index (χ1n) is 5.86. The molecule has 25 heavy (non-hydrogen) atoms. The van der Waals surface area contributed by atoms with Gasteiger partial charge in [0.2, 0.25) is 0 Å². The summed E-state index contributed by atoms with van der Waals surface area (Å²) in [7, 11) is -11.7. The number of halogens is 6. The van der Waals surface area contributed by atoms with Crippen LogP contribution in [0.25, 0.3) is 0 Å². The van der Waals surface area contributed by atoms with E-state index in [1.54, 1.807) is 5.20 Å². The molecule has 0 aromatic carbocycles. The summed E-state index contributed by atoms with van der Waals surface area (Å²) in [5.41, 5.74) is 0. The van der Waals surface area contributed by atoms with Gasteiger partial charge in [-0.05, 0) is 13.0 Å². The molecule has 146 valence electrons. The molecule has 1 unspecified atom stereocenters. The Labute approximate surface area is 154 Å². The van der Waals surface area contributed by atoms with Crippen molar-refractivity contribution in [2.24, 2.45) is 5.92 Å². The third-order valence-electron chi connectivity index (χ3n) is 2.00. The first kappa shape index (κ1) is 35.4. The van der Waals surface area contributed by atoms with Gasteiger partial charge in [0, 0.05) is 28.7 Å². The molecule has 0 bridgehead atoms. The third kappa shape index (κ3) is 45.2. The van der Waals surface area contributed by atoms with E-state index in [4.69, 9.17) is 14.0 Å². The van der Waals surface area contributed by atoms with Crippen LogP contribution in [0.2, 0.25) is 19.6 Å². The Morgan fingerprint density at radius 1 is 0.920 bits per heavy atom. The van der Waals surface area contributed by atoms with Crippen LogP contribution in [0.3, 0.4) is 0 Å². The van der Waals surface area contributed by atoms with Crippen molar-refractivity contribution in [1.82, 2.24) is 0 Å². The van der Waals surface area contributed by atoms with Gasteiger partial charge >= 0.3 is 66.9 Å². The van der Waals surface area contributed by atoms with Crippen molar-refractivity contribution < 1.29 is 56.2 Å². The van der Waals surface area contributed by atoms with Crippen molar-refractivity contribution in [3.63, 3.8) is 0 Å². The van der Waals surface area contributed by atoms with Crippen LogP contribution in [-0.4, -0.2) is 8.07 Å². The Kier molecular flexibility index (Phi) is 17.9. The normalized spacial score (nSPS) is 17.4. The van der Waals surface area contributed by atoms with E-state index in [0.29, 0.717) is 5.92 Å². The quantitative estimate of drug-likeness (QED) is 0.145. The monoisotopic (exact) mass is 450 g/mol. The van der Waals surface area contributed by atoms with Crippen LogP contribution in [-0.2, 0) is 31.0 Å². The van der Waals surface area contributed by atoms with Gasteiger partial charge in [0.05, 0.1) is 18.1 Å². The number of hydrogen-bond acceptors (Lipinski definition) is 0. The van der Waals surface area contributed by atoms with Gasteiger partial charge in [0.25, 0.3) is 0 Å². The first-order chi connectivity index (χ1) is 10.4. The van der Waals surface area contributed by atoms with Crippen molar-refractivity contribution in [3.05, 3.63) is 49.8 Å². The minimum absolute atomic E-state index is 0. The predicted molar refractivity (Wildman–Crippen MR) is 79.4 cm³/mol. The molecule has 0 aromatic rings. The minimum atomic E-state index is -10.7. The van der Waals surface area contributed by atoms with Crippen molar-refractivity contribution in [1.29, 1.82) is 0 Å². The summed E-state index contributed by atoms with van der Waals surface area (Å²) in [4.78, 5) is 0. The second kappa shape index (κ2) is 12.6. The summed E-state index contributed by atoms with van der Waals surface area (Å²) in [6.07, 6.45) is 9.10. The molecule has 1 rings (SSSR count). The van der Waals surface area contributed by atoms with Crippen LogP contribution in [0.15, 0.2) is 23.4 Å². The second-order valence-corrected chi connectivity index (χ2v) is 12.2. The van der Waals surface area contributed by atoms with E-state index in [1.165, 1.54) is 0 Å². The maximum absolute atomic E-state index is 10.7. The van der Waals surface area contributed by atoms with E-state index in [0.717, 1.165) is 0 Å². The van der Waals surface area contributed by atoms with Gasteiger partial charge in [-0.2, -0.15) is 0 Å². The Hall–Kier alpha value is -0.684. The van der Waals surface area contributed by atoms with Crippen molar-refractivity contribution in [3.8, 4) is 0 Å². The topological polar surface area (TPSA) is 59.7 Å². The summed E-state index contributed by atoms with van der Waals surface area (Å²) in [5, 5.41) is 1.59. The molecular weight excluding hydrogens is 433 g/mol. The van der Waals surface area contributed by atoms with E-state index in [9.17, 15) is 25.2 Å². The molecule has 0 N–H and O–H groups in total. The molecule has 1 aliphatic carbocycles. The molecule has 0 spiro atoms. The molecular formula is C13H17F6FeO3PSi. The van der Waals surface area contributed by atoms with Crippen LogP contribution >= 0.6 is 7.81 Å². The summed E-state index contributed by atoms with van der Waals surface area (Å²) in [6.45, 7) is 22.9. The van der Waals surface area contributed by atoms with E-state index < -0.39 is 15.9 Å². The fourth-order valence-corrected chi connectivity index (χ4v) is 2.59. The van der Waals surface area contributed by atoms with E-state index in [-0.39, 0.29) is 17.1 Å². The van der Waals surface area contributed by atoms with Gasteiger partial charge < -0.3 is 0 Å². The fraction of sp³-hybridized carbons (Fsp3) is 0.385. The summed E-state index contributed by atoms with van der Waals surface area (Å²) in [6, 6.07) is 0. The fourth-order valence-electron chi connectivity index (χ4n) is 1.23. The van der Waals surface area contributed by atoms with Gasteiger partial charge in [-0.1, -0.05) is 19.6 Å². The maximum Gasteiger partial charge on any atom is 0 e. The largest absolute Gasteiger partial charge is 0 e. The van der Waals surface area contributed by atoms with Crippen LogP contribution in [0.1, 0.15) is 6.92 Å². The Morgan fingerprint density at radius 3 is 1.36 bits per heavy atom. The van der Waals surface area contributed by atoms with Crippen molar-refractivity contribution in [2.75, 3.05) is 0 Å². The average molecular weight is 450 g/mol. The second-order valence-electron chi connectivity index (χ2n) is 5.24. The summed E-state index contributed by atoms with van der Waals surface area (Å²) < 4.78 is 81.7. The molecule has 0 aromatic heterocycles. The maximum atomic E-state index is 9.87. The first-order valence-corrected chi connectivity index (χ1v) is 11.4. The zero-order valence-corrected chi connectivity index (χ0v) is 16.7. The smallest absolute Gasteiger partial charge is 0 e. The van der Waals surface area contributed by atoms with E-state index in [2.05, 4.69) is 71.2 Å². The van der Waals surface area contributed by atoms with Gasteiger partial charge in [0.15, 0.2) is 0 Å². The van der Waals surface area contributed by atoms with Crippen LogP contribution < -0.4 is 0 Å². The molecule has 0 amide bonds. The van der Waals surface area contributed by atoms with Gasteiger partial charge in [0.1, 0.15) is 8.07 Å². The van der Waals surface area contributed by atoms with Crippen LogP contribution in [0.5, 0.6) is 0 Å². The molecule has 3 nitrogen and oxygen atoms in total. The Morgan fingerprint density at radius 2 is 1.20 bits per heavy atom. The molecule has 0 saturated heterocycles. The van der Waals surface area contributed by atoms with Gasteiger partial charge in [-0.15, -0.1) is 0 Å². The number of allylic oxidation sites excluding steroid dienone is 4. The predicted octanol–water partition coefficient (Wildman–Crippen LogP) is 6.47. The zero-order chi connectivity index (χ0) is 20.9. The van der Waals surface area contributed by atoms with E-state index >= 15 is 0 Å².